The van der Waals surface area contributed by atoms with Crippen molar-refractivity contribution in [3.8, 4) is 5.75 Å². The van der Waals surface area contributed by atoms with Crippen LogP contribution < -0.4 is 9.46 Å². The maximum Gasteiger partial charge on any atom is 0.240 e. The Labute approximate surface area is 205 Å². The number of rotatable bonds is 11. The second kappa shape index (κ2) is 10.6. The highest BCUT2D eigenvalue weighted by Gasteiger charge is 2.14. The number of fused-ring (bicyclic) bond motifs is 1. The van der Waals surface area contributed by atoms with E-state index in [1.54, 1.807) is 24.3 Å². The normalized spacial score (nSPS) is 11.9. The average molecular weight is 501 g/mol. The number of sulfonamides is 1. The SMILES string of the molecule is Cc1ncn(CCCOc2ccc(S(=O)(=O)NCCCc3c[nH]c4ccc(Cl)cc34)cc2)c1C. The number of benzene rings is 2. The summed E-state index contributed by atoms with van der Waals surface area (Å²) in [4.78, 5) is 7.74. The Bertz CT molecular complexity index is 1360. The third-order valence-corrected chi connectivity index (χ3v) is 7.65. The molecule has 0 spiro atoms. The topological polar surface area (TPSA) is 89.0 Å². The lowest BCUT2D eigenvalue weighted by atomic mass is 10.1. The molecule has 0 aliphatic rings. The smallest absolute Gasteiger partial charge is 0.240 e. The summed E-state index contributed by atoms with van der Waals surface area (Å²) < 4.78 is 35.8. The van der Waals surface area contributed by atoms with Crippen LogP contribution in [0.25, 0.3) is 10.9 Å². The van der Waals surface area contributed by atoms with Crippen LogP contribution in [0.3, 0.4) is 0 Å². The van der Waals surface area contributed by atoms with E-state index in [1.165, 1.54) is 0 Å². The maximum atomic E-state index is 12.6. The van der Waals surface area contributed by atoms with Gasteiger partial charge in [0.05, 0.1) is 23.5 Å². The zero-order valence-corrected chi connectivity index (χ0v) is 20.9. The van der Waals surface area contributed by atoms with Crippen LogP contribution in [0.1, 0.15) is 29.8 Å². The minimum atomic E-state index is -3.58. The molecule has 34 heavy (non-hydrogen) atoms. The summed E-state index contributed by atoms with van der Waals surface area (Å²) in [5.41, 5.74) is 4.34. The predicted molar refractivity (Wildman–Crippen MR) is 135 cm³/mol. The fourth-order valence-electron chi connectivity index (χ4n) is 3.84. The molecule has 0 aliphatic carbocycles. The number of aryl methyl sites for hydroxylation is 3. The molecule has 0 bridgehead atoms. The number of hydrogen-bond donors (Lipinski definition) is 2. The average Bonchev–Trinajstić information content (AvgIpc) is 3.37. The van der Waals surface area contributed by atoms with Crippen molar-refractivity contribution in [2.24, 2.45) is 0 Å². The van der Waals surface area contributed by atoms with Crippen molar-refractivity contribution in [1.29, 1.82) is 0 Å². The molecule has 0 saturated heterocycles. The first-order valence-corrected chi connectivity index (χ1v) is 13.2. The quantitative estimate of drug-likeness (QED) is 0.283. The monoisotopic (exact) mass is 500 g/mol. The van der Waals surface area contributed by atoms with Gasteiger partial charge in [-0.05, 0) is 81.1 Å². The second-order valence-corrected chi connectivity index (χ2v) is 10.5. The minimum Gasteiger partial charge on any atom is -0.494 e. The minimum absolute atomic E-state index is 0.225. The maximum absolute atomic E-state index is 12.6. The van der Waals surface area contributed by atoms with Crippen molar-refractivity contribution >= 4 is 32.5 Å². The number of ether oxygens (including phenoxy) is 1. The molecular weight excluding hydrogens is 472 g/mol. The molecule has 9 heteroatoms. The van der Waals surface area contributed by atoms with Crippen LogP contribution in [0.4, 0.5) is 0 Å². The molecule has 0 amide bonds. The molecule has 7 nitrogen and oxygen atoms in total. The highest BCUT2D eigenvalue weighted by Crippen LogP contribution is 2.23. The number of nitrogens with zero attached hydrogens (tertiary/aromatic N) is 2. The molecule has 4 rings (SSSR count). The van der Waals surface area contributed by atoms with Crippen LogP contribution in [0, 0.1) is 13.8 Å². The van der Waals surface area contributed by atoms with E-state index >= 15 is 0 Å². The van der Waals surface area contributed by atoms with Gasteiger partial charge in [0.15, 0.2) is 0 Å². The zero-order chi connectivity index (χ0) is 24.1. The number of H-pyrrole nitrogens is 1. The van der Waals surface area contributed by atoms with Crippen LogP contribution in [0.2, 0.25) is 5.02 Å². The summed E-state index contributed by atoms with van der Waals surface area (Å²) in [5.74, 6) is 0.649. The molecule has 2 aromatic carbocycles. The van der Waals surface area contributed by atoms with Gasteiger partial charge in [-0.1, -0.05) is 11.6 Å². The van der Waals surface area contributed by atoms with Gasteiger partial charge < -0.3 is 14.3 Å². The first-order chi connectivity index (χ1) is 16.3. The van der Waals surface area contributed by atoms with Gasteiger partial charge in [0.1, 0.15) is 5.75 Å². The van der Waals surface area contributed by atoms with Crippen LogP contribution >= 0.6 is 11.6 Å². The highest BCUT2D eigenvalue weighted by atomic mass is 35.5. The first kappa shape index (κ1) is 24.3. The first-order valence-electron chi connectivity index (χ1n) is 11.3. The zero-order valence-electron chi connectivity index (χ0n) is 19.3. The standard InChI is InChI=1S/C25H29ClN4O3S/c1-18-19(2)30(17-28-18)13-4-14-33-22-7-9-23(10-8-22)34(31,32)29-12-3-5-20-16-27-25-11-6-21(26)15-24(20)25/h6-11,15-17,27,29H,3-5,12-14H2,1-2H3. The van der Waals surface area contributed by atoms with Crippen molar-refractivity contribution in [1.82, 2.24) is 19.3 Å². The second-order valence-electron chi connectivity index (χ2n) is 8.29. The van der Waals surface area contributed by atoms with Gasteiger partial charge in [-0.25, -0.2) is 18.1 Å². The van der Waals surface area contributed by atoms with Gasteiger partial charge in [0.25, 0.3) is 0 Å². The molecular formula is C25H29ClN4O3S. The summed E-state index contributed by atoms with van der Waals surface area (Å²) in [7, 11) is -3.58. The third kappa shape index (κ3) is 5.81. The molecule has 2 N–H and O–H groups in total. The van der Waals surface area contributed by atoms with Crippen LogP contribution in [0.5, 0.6) is 5.75 Å². The number of imidazole rings is 1. The lowest BCUT2D eigenvalue weighted by Gasteiger charge is -2.10. The molecule has 0 atom stereocenters. The van der Waals surface area contributed by atoms with E-state index in [-0.39, 0.29) is 4.90 Å². The third-order valence-electron chi connectivity index (χ3n) is 5.94. The number of aromatic nitrogens is 3. The van der Waals surface area contributed by atoms with E-state index in [9.17, 15) is 8.42 Å². The molecule has 2 heterocycles. The van der Waals surface area contributed by atoms with Gasteiger partial charge in [-0.15, -0.1) is 0 Å². The van der Waals surface area contributed by atoms with Crippen LogP contribution in [0.15, 0.2) is 59.9 Å². The Kier molecular flexibility index (Phi) is 7.60. The molecule has 180 valence electrons. The van der Waals surface area contributed by atoms with Gasteiger partial charge in [-0.2, -0.15) is 0 Å². The predicted octanol–water partition coefficient (Wildman–Crippen LogP) is 5.01. The number of aromatic amines is 1. The van der Waals surface area contributed by atoms with E-state index in [2.05, 4.69) is 26.2 Å². The van der Waals surface area contributed by atoms with Crippen molar-refractivity contribution in [3.63, 3.8) is 0 Å². The van der Waals surface area contributed by atoms with E-state index < -0.39 is 10.0 Å². The van der Waals surface area contributed by atoms with E-state index in [0.29, 0.717) is 30.3 Å². The van der Waals surface area contributed by atoms with Crippen molar-refractivity contribution in [2.45, 2.75) is 44.6 Å². The number of nitrogens with one attached hydrogen (secondary N) is 2. The molecule has 0 aliphatic heterocycles. The summed E-state index contributed by atoms with van der Waals surface area (Å²) in [6.45, 7) is 5.76. The van der Waals surface area contributed by atoms with Gasteiger partial charge in [0, 0.05) is 40.9 Å². The Balaban J connectivity index is 1.23. The lowest BCUT2D eigenvalue weighted by molar-refractivity contribution is 0.301. The summed E-state index contributed by atoms with van der Waals surface area (Å²) in [6.07, 6.45) is 6.05. The van der Waals surface area contributed by atoms with Crippen molar-refractivity contribution < 1.29 is 13.2 Å². The lowest BCUT2D eigenvalue weighted by Crippen LogP contribution is -2.25. The van der Waals surface area contributed by atoms with Gasteiger partial charge in [-0.3, -0.25) is 0 Å². The fourth-order valence-corrected chi connectivity index (χ4v) is 5.08. The molecule has 0 radical (unpaired) electrons. The van der Waals surface area contributed by atoms with Crippen LogP contribution in [-0.4, -0.2) is 36.1 Å². The Morgan fingerprint density at radius 1 is 1.12 bits per heavy atom. The van der Waals surface area contributed by atoms with Gasteiger partial charge >= 0.3 is 0 Å². The van der Waals surface area contributed by atoms with E-state index in [1.807, 2.05) is 37.6 Å². The molecule has 4 aromatic rings. The van der Waals surface area contributed by atoms with Crippen molar-refractivity contribution in [3.05, 3.63) is 77.0 Å². The molecule has 0 unspecified atom stereocenters. The summed E-state index contributed by atoms with van der Waals surface area (Å²) in [6, 6.07) is 12.2. The number of hydrogen-bond acceptors (Lipinski definition) is 4. The van der Waals surface area contributed by atoms with Gasteiger partial charge in [0.2, 0.25) is 10.0 Å². The molecule has 2 aromatic heterocycles. The molecule has 0 saturated carbocycles. The largest absolute Gasteiger partial charge is 0.494 e. The van der Waals surface area contributed by atoms with E-state index in [0.717, 1.165) is 47.2 Å². The van der Waals surface area contributed by atoms with Crippen molar-refractivity contribution in [2.75, 3.05) is 13.2 Å². The van der Waals surface area contributed by atoms with E-state index in [4.69, 9.17) is 16.3 Å². The molecule has 0 fully saturated rings. The summed E-state index contributed by atoms with van der Waals surface area (Å²) >= 11 is 6.10. The summed E-state index contributed by atoms with van der Waals surface area (Å²) in [5, 5.41) is 1.76. The van der Waals surface area contributed by atoms with Crippen LogP contribution in [-0.2, 0) is 23.0 Å². The Hall–Kier alpha value is -2.81. The number of halogens is 1. The fraction of sp³-hybridized carbons (Fsp3) is 0.320. The Morgan fingerprint density at radius 3 is 2.65 bits per heavy atom. The Morgan fingerprint density at radius 2 is 1.91 bits per heavy atom. The highest BCUT2D eigenvalue weighted by molar-refractivity contribution is 7.89.